The minimum atomic E-state index is 0.664. The summed E-state index contributed by atoms with van der Waals surface area (Å²) >= 11 is 0. The van der Waals surface area contributed by atoms with Crippen molar-refractivity contribution in [3.05, 3.63) is 0 Å². The van der Waals surface area contributed by atoms with Gasteiger partial charge in [0.2, 0.25) is 0 Å². The molecule has 1 rings (SSSR count). The van der Waals surface area contributed by atoms with Gasteiger partial charge in [0.1, 0.15) is 0 Å². The zero-order chi connectivity index (χ0) is 14.3. The Morgan fingerprint density at radius 2 is 1.42 bits per heavy atom. The highest BCUT2D eigenvalue weighted by atomic mass is 15.3. The number of hydrogen-bond donors (Lipinski definition) is 0. The van der Waals surface area contributed by atoms with Crippen molar-refractivity contribution in [3.63, 3.8) is 0 Å². The average Bonchev–Trinajstić information content (AvgIpc) is 2.37. The van der Waals surface area contributed by atoms with Crippen LogP contribution < -0.4 is 0 Å². The monoisotopic (exact) mass is 269 g/mol. The number of rotatable bonds is 8. The molecule has 0 bridgehead atoms. The molecule has 0 atom stereocenters. The first-order chi connectivity index (χ1) is 8.99. The van der Waals surface area contributed by atoms with Gasteiger partial charge in [-0.1, -0.05) is 13.8 Å². The molecule has 3 nitrogen and oxygen atoms in total. The van der Waals surface area contributed by atoms with E-state index in [0.717, 1.165) is 5.92 Å². The molecule has 1 aliphatic heterocycles. The van der Waals surface area contributed by atoms with E-state index >= 15 is 0 Å². The fraction of sp³-hybridized carbons (Fsp3) is 1.00. The van der Waals surface area contributed by atoms with Gasteiger partial charge in [-0.15, -0.1) is 0 Å². The molecule has 0 aliphatic carbocycles. The molecule has 0 spiro atoms. The van der Waals surface area contributed by atoms with E-state index in [1.807, 2.05) is 0 Å². The van der Waals surface area contributed by atoms with Crippen molar-refractivity contribution in [2.24, 2.45) is 5.92 Å². The molecule has 3 heteroatoms. The molecule has 1 fully saturated rings. The maximum Gasteiger partial charge on any atom is 0.0110 e. The van der Waals surface area contributed by atoms with E-state index in [1.165, 1.54) is 58.7 Å². The van der Waals surface area contributed by atoms with Gasteiger partial charge in [-0.05, 0) is 46.2 Å². The average molecular weight is 269 g/mol. The lowest BCUT2D eigenvalue weighted by atomic mass is 10.1. The fourth-order valence-electron chi connectivity index (χ4n) is 2.52. The third-order valence-electron chi connectivity index (χ3n) is 4.37. The Hall–Kier alpha value is -0.120. The SMILES string of the molecule is CC(C)CCCN1CCN(CCN(C)C(C)C)CC1. The third kappa shape index (κ3) is 7.28. The van der Waals surface area contributed by atoms with Crippen LogP contribution in [0.2, 0.25) is 0 Å². The first kappa shape index (κ1) is 16.9. The van der Waals surface area contributed by atoms with Gasteiger partial charge in [-0.2, -0.15) is 0 Å². The lowest BCUT2D eigenvalue weighted by molar-refractivity contribution is 0.116. The highest BCUT2D eigenvalue weighted by Gasteiger charge is 2.16. The summed E-state index contributed by atoms with van der Waals surface area (Å²) < 4.78 is 0. The Balaban J connectivity index is 2.08. The highest BCUT2D eigenvalue weighted by molar-refractivity contribution is 4.73. The van der Waals surface area contributed by atoms with Gasteiger partial charge < -0.3 is 9.80 Å². The van der Waals surface area contributed by atoms with Crippen LogP contribution in [0.25, 0.3) is 0 Å². The largest absolute Gasteiger partial charge is 0.303 e. The minimum absolute atomic E-state index is 0.664. The zero-order valence-electron chi connectivity index (χ0n) is 13.9. The number of hydrogen-bond acceptors (Lipinski definition) is 3. The van der Waals surface area contributed by atoms with E-state index in [2.05, 4.69) is 49.4 Å². The van der Waals surface area contributed by atoms with Gasteiger partial charge in [0.15, 0.2) is 0 Å². The molecular weight excluding hydrogens is 234 g/mol. The van der Waals surface area contributed by atoms with Crippen LogP contribution in [0.4, 0.5) is 0 Å². The van der Waals surface area contributed by atoms with Crippen molar-refractivity contribution < 1.29 is 0 Å². The summed E-state index contributed by atoms with van der Waals surface area (Å²) in [5, 5.41) is 0. The molecule has 0 aromatic rings. The summed E-state index contributed by atoms with van der Waals surface area (Å²) in [6.45, 7) is 18.0. The Bertz CT molecular complexity index is 220. The van der Waals surface area contributed by atoms with Gasteiger partial charge in [0.25, 0.3) is 0 Å². The molecule has 1 saturated heterocycles. The summed E-state index contributed by atoms with van der Waals surface area (Å²) in [4.78, 5) is 7.71. The predicted octanol–water partition coefficient (Wildman–Crippen LogP) is 2.38. The molecule has 0 aromatic carbocycles. The van der Waals surface area contributed by atoms with Crippen molar-refractivity contribution >= 4 is 0 Å². The molecule has 19 heavy (non-hydrogen) atoms. The van der Waals surface area contributed by atoms with Crippen LogP contribution in [-0.4, -0.2) is 73.6 Å². The van der Waals surface area contributed by atoms with Crippen molar-refractivity contribution in [2.75, 3.05) is 52.9 Å². The lowest BCUT2D eigenvalue weighted by Crippen LogP contribution is -2.48. The topological polar surface area (TPSA) is 9.72 Å². The molecule has 0 saturated carbocycles. The smallest absolute Gasteiger partial charge is 0.0110 e. The zero-order valence-corrected chi connectivity index (χ0v) is 13.9. The van der Waals surface area contributed by atoms with Crippen molar-refractivity contribution in [1.29, 1.82) is 0 Å². The molecule has 0 amide bonds. The number of likely N-dealkylation sites (N-methyl/N-ethyl adjacent to an activating group) is 1. The third-order valence-corrected chi connectivity index (χ3v) is 4.37. The summed E-state index contributed by atoms with van der Waals surface area (Å²) in [5.74, 6) is 0.854. The van der Waals surface area contributed by atoms with Crippen molar-refractivity contribution in [1.82, 2.24) is 14.7 Å². The Morgan fingerprint density at radius 3 is 1.89 bits per heavy atom. The number of nitrogens with zero attached hydrogens (tertiary/aromatic N) is 3. The van der Waals surface area contributed by atoms with E-state index in [-0.39, 0.29) is 0 Å². The Morgan fingerprint density at radius 1 is 0.895 bits per heavy atom. The van der Waals surface area contributed by atoms with E-state index in [9.17, 15) is 0 Å². The highest BCUT2D eigenvalue weighted by Crippen LogP contribution is 2.07. The molecule has 114 valence electrons. The van der Waals surface area contributed by atoms with Crippen LogP contribution >= 0.6 is 0 Å². The van der Waals surface area contributed by atoms with E-state index < -0.39 is 0 Å². The maximum atomic E-state index is 2.64. The summed E-state index contributed by atoms with van der Waals surface area (Å²) in [7, 11) is 2.23. The van der Waals surface area contributed by atoms with Crippen LogP contribution in [0.3, 0.4) is 0 Å². The van der Waals surface area contributed by atoms with Crippen LogP contribution in [0, 0.1) is 5.92 Å². The molecular formula is C16H35N3. The summed E-state index contributed by atoms with van der Waals surface area (Å²) in [6, 6.07) is 0.664. The van der Waals surface area contributed by atoms with E-state index in [4.69, 9.17) is 0 Å². The summed E-state index contributed by atoms with van der Waals surface area (Å²) in [5.41, 5.74) is 0. The molecule has 1 aliphatic rings. The van der Waals surface area contributed by atoms with E-state index in [1.54, 1.807) is 0 Å². The van der Waals surface area contributed by atoms with Crippen molar-refractivity contribution in [3.8, 4) is 0 Å². The second-order valence-corrected chi connectivity index (χ2v) is 6.79. The Kier molecular flexibility index (Phi) is 7.96. The van der Waals surface area contributed by atoms with Crippen LogP contribution in [0.15, 0.2) is 0 Å². The van der Waals surface area contributed by atoms with Gasteiger partial charge in [-0.25, -0.2) is 0 Å². The van der Waals surface area contributed by atoms with Crippen molar-refractivity contribution in [2.45, 2.75) is 46.6 Å². The number of piperazine rings is 1. The minimum Gasteiger partial charge on any atom is -0.303 e. The molecule has 0 unspecified atom stereocenters. The van der Waals surface area contributed by atoms with Crippen LogP contribution in [0.1, 0.15) is 40.5 Å². The fourth-order valence-corrected chi connectivity index (χ4v) is 2.52. The first-order valence-corrected chi connectivity index (χ1v) is 8.14. The van der Waals surface area contributed by atoms with Crippen LogP contribution in [-0.2, 0) is 0 Å². The Labute approximate surface area is 120 Å². The maximum absolute atomic E-state index is 2.64. The molecule has 0 aromatic heterocycles. The normalized spacial score (nSPS) is 18.9. The van der Waals surface area contributed by atoms with E-state index in [0.29, 0.717) is 6.04 Å². The summed E-state index contributed by atoms with van der Waals surface area (Å²) in [6.07, 6.45) is 2.74. The van der Waals surface area contributed by atoms with Gasteiger partial charge in [0, 0.05) is 45.3 Å². The second-order valence-electron chi connectivity index (χ2n) is 6.79. The lowest BCUT2D eigenvalue weighted by Gasteiger charge is -2.36. The van der Waals surface area contributed by atoms with Crippen LogP contribution in [0.5, 0.6) is 0 Å². The van der Waals surface area contributed by atoms with Gasteiger partial charge in [-0.3, -0.25) is 4.90 Å². The first-order valence-electron chi connectivity index (χ1n) is 8.14. The molecule has 1 heterocycles. The predicted molar refractivity (Wildman–Crippen MR) is 84.7 cm³/mol. The molecule has 0 N–H and O–H groups in total. The standard InChI is InChI=1S/C16H35N3/c1-15(2)7-6-8-18-11-13-19(14-12-18)10-9-17(5)16(3)4/h15-16H,6-14H2,1-5H3. The van der Waals surface area contributed by atoms with Gasteiger partial charge >= 0.3 is 0 Å². The second kappa shape index (κ2) is 8.93. The quantitative estimate of drug-likeness (QED) is 0.670. The molecule has 0 radical (unpaired) electrons. The van der Waals surface area contributed by atoms with Gasteiger partial charge in [0.05, 0.1) is 0 Å².